The van der Waals surface area contributed by atoms with Crippen molar-refractivity contribution in [2.75, 3.05) is 32.1 Å². The molecule has 2 aliphatic heterocycles. The van der Waals surface area contributed by atoms with Gasteiger partial charge in [0, 0.05) is 38.0 Å². The number of anilines is 1. The molecule has 0 radical (unpaired) electrons. The molecule has 1 aromatic carbocycles. The second-order valence-electron chi connectivity index (χ2n) is 7.89. The molecule has 1 N–H and O–H groups in total. The topological polar surface area (TPSA) is 41.6 Å². The van der Waals surface area contributed by atoms with Gasteiger partial charge in [0.1, 0.15) is 0 Å². The summed E-state index contributed by atoms with van der Waals surface area (Å²) in [5.41, 5.74) is 7.16. The van der Waals surface area contributed by atoms with E-state index in [1.165, 1.54) is 22.4 Å². The third kappa shape index (κ3) is 5.73. The molecule has 4 heteroatoms. The van der Waals surface area contributed by atoms with Crippen molar-refractivity contribution in [3.8, 4) is 0 Å². The van der Waals surface area contributed by atoms with Gasteiger partial charge in [0.2, 0.25) is 5.91 Å². The Bertz CT molecular complexity index is 877. The van der Waals surface area contributed by atoms with E-state index in [9.17, 15) is 4.79 Å². The van der Waals surface area contributed by atoms with Crippen molar-refractivity contribution < 1.29 is 9.53 Å². The van der Waals surface area contributed by atoms with Gasteiger partial charge in [0.25, 0.3) is 0 Å². The highest BCUT2D eigenvalue weighted by atomic mass is 16.5. The van der Waals surface area contributed by atoms with Crippen LogP contribution >= 0.6 is 0 Å². The Morgan fingerprint density at radius 3 is 2.83 bits per heavy atom. The van der Waals surface area contributed by atoms with Gasteiger partial charge in [-0.2, -0.15) is 0 Å². The third-order valence-corrected chi connectivity index (χ3v) is 5.67. The first kappa shape index (κ1) is 22.1. The van der Waals surface area contributed by atoms with Gasteiger partial charge in [-0.05, 0) is 55.0 Å². The van der Waals surface area contributed by atoms with Gasteiger partial charge in [0.05, 0.1) is 6.61 Å². The second kappa shape index (κ2) is 11.0. The fraction of sp³-hybridized carbons (Fsp3) is 0.423. The number of methoxy groups -OCH3 is 1. The van der Waals surface area contributed by atoms with E-state index in [4.69, 9.17) is 4.74 Å². The molecule has 1 amide bonds. The quantitative estimate of drug-likeness (QED) is 0.651. The molecule has 2 heterocycles. The van der Waals surface area contributed by atoms with Crippen LogP contribution in [0.4, 0.5) is 5.69 Å². The van der Waals surface area contributed by atoms with Crippen LogP contribution in [-0.4, -0.2) is 37.6 Å². The predicted molar refractivity (Wildman–Crippen MR) is 125 cm³/mol. The lowest BCUT2D eigenvalue weighted by Crippen LogP contribution is -2.24. The highest BCUT2D eigenvalue weighted by Gasteiger charge is 2.15. The smallest absolute Gasteiger partial charge is 0.224 e. The largest absolute Gasteiger partial charge is 0.380 e. The maximum atomic E-state index is 11.7. The van der Waals surface area contributed by atoms with Gasteiger partial charge in [0.15, 0.2) is 0 Å². The van der Waals surface area contributed by atoms with Crippen LogP contribution in [0.2, 0.25) is 0 Å². The first-order valence-electron chi connectivity index (χ1n) is 11.1. The van der Waals surface area contributed by atoms with Crippen LogP contribution in [0.15, 0.2) is 59.3 Å². The maximum absolute atomic E-state index is 11.7. The summed E-state index contributed by atoms with van der Waals surface area (Å²) in [6.45, 7) is 6.84. The summed E-state index contributed by atoms with van der Waals surface area (Å²) in [5.74, 6) is 0.101. The number of amides is 1. The molecule has 0 fully saturated rings. The fourth-order valence-electron chi connectivity index (χ4n) is 4.05. The molecule has 0 unspecified atom stereocenters. The van der Waals surface area contributed by atoms with Gasteiger partial charge < -0.3 is 15.0 Å². The molecule has 30 heavy (non-hydrogen) atoms. The number of nitrogens with zero attached hydrogens (tertiary/aromatic N) is 1. The zero-order valence-corrected chi connectivity index (χ0v) is 18.5. The first-order valence-corrected chi connectivity index (χ1v) is 11.1. The molecule has 0 aromatic heterocycles. The number of carbonyl (C=O) groups excluding carboxylic acids is 1. The zero-order valence-electron chi connectivity index (χ0n) is 18.5. The van der Waals surface area contributed by atoms with Crippen molar-refractivity contribution >= 4 is 17.7 Å². The summed E-state index contributed by atoms with van der Waals surface area (Å²) >= 11 is 0. The van der Waals surface area contributed by atoms with Crippen molar-refractivity contribution in [2.24, 2.45) is 0 Å². The standard InChI is InChI=1S/C26H34N2O2/c1-4-7-20-8-6-17-28(5-2)25(23(13-9-20)19-30-3)15-11-21-10-12-22-14-16-26(29)27-24(22)18-21/h6,8-12,15,18H,4-5,7,13-14,16-17,19H2,1-3H3,(H,27,29)/b8-6-,15-11+,20-9-,25-23+. The van der Waals surface area contributed by atoms with Crippen LogP contribution in [0.1, 0.15) is 50.7 Å². The summed E-state index contributed by atoms with van der Waals surface area (Å²) in [5, 5.41) is 3.00. The van der Waals surface area contributed by atoms with E-state index in [1.807, 2.05) is 0 Å². The van der Waals surface area contributed by atoms with E-state index in [1.54, 1.807) is 7.11 Å². The molecule has 2 aliphatic rings. The van der Waals surface area contributed by atoms with Gasteiger partial charge in [-0.25, -0.2) is 0 Å². The molecular formula is C26H34N2O2. The molecule has 0 saturated heterocycles. The number of rotatable bonds is 7. The van der Waals surface area contributed by atoms with E-state index in [0.29, 0.717) is 13.0 Å². The molecule has 0 saturated carbocycles. The number of allylic oxidation sites excluding steroid dienone is 4. The van der Waals surface area contributed by atoms with Crippen LogP contribution in [0, 0.1) is 0 Å². The number of likely N-dealkylation sites (N-methyl/N-ethyl adjacent to an activating group) is 1. The molecule has 160 valence electrons. The molecule has 0 atom stereocenters. The average molecular weight is 407 g/mol. The minimum Gasteiger partial charge on any atom is -0.380 e. The second-order valence-corrected chi connectivity index (χ2v) is 7.89. The number of hydrogen-bond acceptors (Lipinski definition) is 3. The monoisotopic (exact) mass is 406 g/mol. The van der Waals surface area contributed by atoms with Gasteiger partial charge >= 0.3 is 0 Å². The fourth-order valence-corrected chi connectivity index (χ4v) is 4.05. The molecule has 4 nitrogen and oxygen atoms in total. The normalized spacial score (nSPS) is 22.6. The summed E-state index contributed by atoms with van der Waals surface area (Å²) in [4.78, 5) is 14.1. The number of hydrogen-bond donors (Lipinski definition) is 1. The molecule has 0 spiro atoms. The van der Waals surface area contributed by atoms with Crippen molar-refractivity contribution in [2.45, 2.75) is 46.0 Å². The van der Waals surface area contributed by atoms with Crippen molar-refractivity contribution in [1.29, 1.82) is 0 Å². The average Bonchev–Trinajstić information content (AvgIpc) is 2.82. The Labute approximate surface area is 181 Å². The maximum Gasteiger partial charge on any atom is 0.224 e. The van der Waals surface area contributed by atoms with Crippen molar-refractivity contribution in [3.05, 3.63) is 70.5 Å². The van der Waals surface area contributed by atoms with Gasteiger partial charge in [-0.3, -0.25) is 4.79 Å². The number of ether oxygens (including phenoxy) is 1. The van der Waals surface area contributed by atoms with Gasteiger partial charge in [-0.15, -0.1) is 0 Å². The number of aryl methyl sites for hydroxylation is 1. The van der Waals surface area contributed by atoms with Crippen molar-refractivity contribution in [3.63, 3.8) is 0 Å². The van der Waals surface area contributed by atoms with Crippen molar-refractivity contribution in [1.82, 2.24) is 4.90 Å². The third-order valence-electron chi connectivity index (χ3n) is 5.67. The number of fused-ring (bicyclic) bond motifs is 1. The predicted octanol–water partition coefficient (Wildman–Crippen LogP) is 5.49. The molecule has 0 bridgehead atoms. The Hall–Kier alpha value is -2.59. The first-order chi connectivity index (χ1) is 14.6. The summed E-state index contributed by atoms with van der Waals surface area (Å²) < 4.78 is 5.56. The Kier molecular flexibility index (Phi) is 8.09. The lowest BCUT2D eigenvalue weighted by Gasteiger charge is -2.25. The van der Waals surface area contributed by atoms with Crippen LogP contribution in [0.3, 0.4) is 0 Å². The Morgan fingerprint density at radius 2 is 2.07 bits per heavy atom. The summed E-state index contributed by atoms with van der Waals surface area (Å²) in [6, 6.07) is 6.33. The lowest BCUT2D eigenvalue weighted by atomic mass is 10.00. The Morgan fingerprint density at radius 1 is 1.20 bits per heavy atom. The zero-order chi connectivity index (χ0) is 21.3. The van der Waals surface area contributed by atoms with Gasteiger partial charge in [-0.1, -0.05) is 55.4 Å². The number of benzene rings is 1. The van der Waals surface area contributed by atoms with E-state index >= 15 is 0 Å². The molecule has 3 rings (SSSR count). The van der Waals surface area contributed by atoms with E-state index in [-0.39, 0.29) is 5.91 Å². The number of carbonyl (C=O) groups is 1. The van der Waals surface area contributed by atoms with Crippen LogP contribution in [-0.2, 0) is 16.0 Å². The molecular weight excluding hydrogens is 372 g/mol. The molecule has 0 aliphatic carbocycles. The number of nitrogens with one attached hydrogen (secondary N) is 1. The highest BCUT2D eigenvalue weighted by Crippen LogP contribution is 2.26. The van der Waals surface area contributed by atoms with Crippen LogP contribution < -0.4 is 5.32 Å². The minimum absolute atomic E-state index is 0.101. The summed E-state index contributed by atoms with van der Waals surface area (Å²) in [7, 11) is 1.76. The van der Waals surface area contributed by atoms with E-state index in [2.05, 4.69) is 72.6 Å². The minimum atomic E-state index is 0.101. The van der Waals surface area contributed by atoms with Crippen LogP contribution in [0.5, 0.6) is 0 Å². The van der Waals surface area contributed by atoms with Crippen LogP contribution in [0.25, 0.3) is 6.08 Å². The Balaban J connectivity index is 1.93. The SMILES string of the molecule is CCCC1=C/C/C(COC)=C(/C=C/c2ccc3c(c2)NC(=O)CC3)N(CC)C/C=C\1. The summed E-state index contributed by atoms with van der Waals surface area (Å²) in [6.07, 6.45) is 15.8. The lowest BCUT2D eigenvalue weighted by molar-refractivity contribution is -0.116. The van der Waals surface area contributed by atoms with E-state index < -0.39 is 0 Å². The highest BCUT2D eigenvalue weighted by molar-refractivity contribution is 5.94. The molecule has 1 aromatic rings. The van der Waals surface area contributed by atoms with E-state index in [0.717, 1.165) is 50.0 Å².